The number of nitrogens with zero attached hydrogens (tertiary/aromatic N) is 2. The van der Waals surface area contributed by atoms with Gasteiger partial charge in [-0.15, -0.1) is 17.9 Å². The summed E-state index contributed by atoms with van der Waals surface area (Å²) in [7, 11) is 3.70. The van der Waals surface area contributed by atoms with Crippen molar-refractivity contribution in [2.24, 2.45) is 0 Å². The van der Waals surface area contributed by atoms with Crippen LogP contribution in [0.3, 0.4) is 0 Å². The van der Waals surface area contributed by atoms with Crippen molar-refractivity contribution in [3.63, 3.8) is 0 Å². The first kappa shape index (κ1) is 27.8. The van der Waals surface area contributed by atoms with E-state index < -0.39 is 5.60 Å². The third-order valence-corrected chi connectivity index (χ3v) is 9.63. The number of thiophene rings is 1. The van der Waals surface area contributed by atoms with Gasteiger partial charge in [0.05, 0.1) is 5.60 Å². The number of likely N-dealkylation sites (tertiary alicyclic amines) is 1. The molecule has 6 nitrogen and oxygen atoms in total. The quantitative estimate of drug-likeness (QED) is 0.172. The van der Waals surface area contributed by atoms with E-state index in [0.717, 1.165) is 60.2 Å². The van der Waals surface area contributed by atoms with Crippen LogP contribution in [0.25, 0.3) is 6.08 Å². The van der Waals surface area contributed by atoms with Crippen LogP contribution in [0, 0.1) is 0 Å². The van der Waals surface area contributed by atoms with Crippen LogP contribution in [-0.4, -0.2) is 67.1 Å². The maximum Gasteiger partial charge on any atom is 0.308 e. The highest BCUT2D eigenvalue weighted by Gasteiger charge is 2.59. The van der Waals surface area contributed by atoms with E-state index in [1.54, 1.807) is 24.5 Å². The second-order valence-corrected chi connectivity index (χ2v) is 11.9. The van der Waals surface area contributed by atoms with Gasteiger partial charge in [-0.25, -0.2) is 0 Å². The van der Waals surface area contributed by atoms with E-state index >= 15 is 0 Å². The molecule has 1 aromatic carbocycles. The molecule has 4 rings (SSSR count). The lowest BCUT2D eigenvalue weighted by Gasteiger charge is -2.60. The molecule has 8 heteroatoms. The number of likely N-dealkylation sites (N-methyl/N-ethyl adjacent to an activating group) is 1. The van der Waals surface area contributed by atoms with Gasteiger partial charge in [0.15, 0.2) is 0 Å². The van der Waals surface area contributed by atoms with Crippen molar-refractivity contribution in [2.75, 3.05) is 33.8 Å². The van der Waals surface area contributed by atoms with Crippen molar-refractivity contribution in [3.8, 4) is 5.75 Å². The first-order valence-electron chi connectivity index (χ1n) is 12.6. The number of ether oxygens (including phenoxy) is 2. The van der Waals surface area contributed by atoms with Gasteiger partial charge in [-0.3, -0.25) is 14.5 Å². The number of benzene rings is 1. The van der Waals surface area contributed by atoms with Gasteiger partial charge in [-0.05, 0) is 78.0 Å². The molecule has 3 atom stereocenters. The zero-order chi connectivity index (χ0) is 26.6. The average molecular weight is 588 g/mol. The number of rotatable bonds is 8. The van der Waals surface area contributed by atoms with Crippen molar-refractivity contribution < 1.29 is 19.1 Å². The van der Waals surface area contributed by atoms with Crippen molar-refractivity contribution in [3.05, 3.63) is 69.4 Å². The Kier molecular flexibility index (Phi) is 8.74. The summed E-state index contributed by atoms with van der Waals surface area (Å²) >= 11 is 5.06. The number of amides is 1. The molecule has 1 aromatic heterocycles. The lowest BCUT2D eigenvalue weighted by atomic mass is 9.55. The lowest BCUT2D eigenvalue weighted by Crippen LogP contribution is -2.68. The molecule has 2 fully saturated rings. The first-order valence-corrected chi connectivity index (χ1v) is 14.3. The molecule has 1 saturated heterocycles. The summed E-state index contributed by atoms with van der Waals surface area (Å²) in [6, 6.07) is 9.91. The molecule has 0 spiro atoms. The van der Waals surface area contributed by atoms with Crippen LogP contribution in [0.2, 0.25) is 0 Å². The minimum atomic E-state index is -0.428. The molecular weight excluding hydrogens is 552 g/mol. The maximum absolute atomic E-state index is 13.2. The molecule has 198 valence electrons. The van der Waals surface area contributed by atoms with Crippen molar-refractivity contribution >= 4 is 45.2 Å². The molecule has 2 aliphatic rings. The highest BCUT2D eigenvalue weighted by Crippen LogP contribution is 2.54. The zero-order valence-electron chi connectivity index (χ0n) is 21.7. The topological polar surface area (TPSA) is 59.1 Å². The predicted octanol–water partition coefficient (Wildman–Crippen LogP) is 5.67. The van der Waals surface area contributed by atoms with Crippen LogP contribution in [0.1, 0.15) is 43.0 Å². The number of carbonyl (C=O) groups excluding carboxylic acids is 2. The Labute approximate surface area is 232 Å². The Bertz CT molecular complexity index is 1180. The number of carbonyl (C=O) groups is 2. The van der Waals surface area contributed by atoms with Gasteiger partial charge in [-0.1, -0.05) is 18.2 Å². The molecule has 2 aromatic rings. The number of fused-ring (bicyclic) bond motifs is 1. The smallest absolute Gasteiger partial charge is 0.308 e. The van der Waals surface area contributed by atoms with E-state index in [9.17, 15) is 9.59 Å². The predicted molar refractivity (Wildman–Crippen MR) is 152 cm³/mol. The third-order valence-electron chi connectivity index (χ3n) is 7.97. The number of hydrogen-bond donors (Lipinski definition) is 0. The minimum absolute atomic E-state index is 0.00709. The highest BCUT2D eigenvalue weighted by molar-refractivity contribution is 9.10. The number of halogens is 1. The summed E-state index contributed by atoms with van der Waals surface area (Å²) in [6.45, 7) is 7.83. The molecule has 1 saturated carbocycles. The zero-order valence-corrected chi connectivity index (χ0v) is 24.1. The normalized spacial score (nSPS) is 26.0. The fourth-order valence-electron chi connectivity index (χ4n) is 6.12. The fourth-order valence-corrected chi connectivity index (χ4v) is 7.46. The fraction of sp³-hybridized carbons (Fsp3) is 0.448. The Morgan fingerprint density at radius 2 is 2.14 bits per heavy atom. The Morgan fingerprint density at radius 1 is 1.32 bits per heavy atom. The van der Waals surface area contributed by atoms with Gasteiger partial charge in [0.2, 0.25) is 5.91 Å². The molecule has 37 heavy (non-hydrogen) atoms. The molecule has 1 amide bonds. The van der Waals surface area contributed by atoms with Crippen molar-refractivity contribution in [1.82, 2.24) is 9.80 Å². The second-order valence-electron chi connectivity index (χ2n) is 10.0. The summed E-state index contributed by atoms with van der Waals surface area (Å²) in [4.78, 5) is 30.2. The van der Waals surface area contributed by atoms with Crippen molar-refractivity contribution in [1.29, 1.82) is 0 Å². The highest BCUT2D eigenvalue weighted by atomic mass is 79.9. The van der Waals surface area contributed by atoms with Crippen LogP contribution >= 0.6 is 27.3 Å². The molecule has 1 aliphatic heterocycles. The molecule has 0 N–H and O–H groups in total. The summed E-state index contributed by atoms with van der Waals surface area (Å²) in [5.74, 6) is 0.187. The number of piperidine rings is 1. The van der Waals surface area contributed by atoms with Crippen LogP contribution in [0.15, 0.2) is 58.9 Å². The van der Waals surface area contributed by atoms with E-state index in [1.165, 1.54) is 6.92 Å². The van der Waals surface area contributed by atoms with Gasteiger partial charge >= 0.3 is 5.97 Å². The Balaban J connectivity index is 1.67. The van der Waals surface area contributed by atoms with Gasteiger partial charge in [0.1, 0.15) is 5.75 Å². The van der Waals surface area contributed by atoms with Gasteiger partial charge < -0.3 is 14.4 Å². The van der Waals surface area contributed by atoms with Crippen LogP contribution < -0.4 is 4.74 Å². The number of esters is 1. The lowest BCUT2D eigenvalue weighted by molar-refractivity contribution is -0.157. The van der Waals surface area contributed by atoms with Crippen LogP contribution in [0.5, 0.6) is 5.75 Å². The van der Waals surface area contributed by atoms with E-state index in [1.807, 2.05) is 53.7 Å². The molecule has 0 bridgehead atoms. The largest absolute Gasteiger partial charge is 0.427 e. The molecular formula is C29H35BrN2O4S. The Hall–Kier alpha value is -2.26. The minimum Gasteiger partial charge on any atom is -0.427 e. The van der Waals surface area contributed by atoms with E-state index in [-0.39, 0.29) is 23.3 Å². The van der Waals surface area contributed by atoms with Crippen molar-refractivity contribution in [2.45, 2.75) is 49.7 Å². The molecule has 2 heterocycles. The van der Waals surface area contributed by atoms with Crippen LogP contribution in [0.4, 0.5) is 0 Å². The Morgan fingerprint density at radius 3 is 2.81 bits per heavy atom. The van der Waals surface area contributed by atoms with Crippen LogP contribution in [-0.2, 0) is 19.7 Å². The molecule has 1 aliphatic carbocycles. The molecule has 0 radical (unpaired) electrons. The maximum atomic E-state index is 13.2. The first-order chi connectivity index (χ1) is 17.7. The summed E-state index contributed by atoms with van der Waals surface area (Å²) in [6.07, 6.45) is 8.79. The second kappa shape index (κ2) is 11.6. The third kappa shape index (κ3) is 5.77. The SMILES string of the molecule is C=CCN1CC[C@@]2(c3cccc(OC(C)=O)c3)C[C@@H](N(C)C(=O)/C=C/c3cc(Br)cs3)CC[C@]2(OC)C1. The summed E-state index contributed by atoms with van der Waals surface area (Å²) < 4.78 is 12.9. The number of methoxy groups -OCH3 is 1. The van der Waals surface area contributed by atoms with Gasteiger partial charge in [0.25, 0.3) is 0 Å². The van der Waals surface area contributed by atoms with E-state index in [2.05, 4.69) is 33.5 Å². The average Bonchev–Trinajstić information content (AvgIpc) is 3.31. The monoisotopic (exact) mass is 586 g/mol. The number of hydrogen-bond acceptors (Lipinski definition) is 6. The van der Waals surface area contributed by atoms with Gasteiger partial charge in [-0.2, -0.15) is 0 Å². The standard InChI is InChI=1S/C29H35BrN2O4S/c1-5-14-32-15-13-28(22-7-6-8-25(16-22)36-21(2)33)18-24(11-12-29(28,20-32)35-4)31(3)27(34)10-9-26-17-23(30)19-37-26/h5-10,16-17,19,24H,1,11-15,18,20H2,2-4H3/b10-9+/t24-,28-,29-/m0/s1. The van der Waals surface area contributed by atoms with E-state index in [0.29, 0.717) is 5.75 Å². The van der Waals surface area contributed by atoms with Gasteiger partial charge in [0, 0.05) is 66.4 Å². The van der Waals surface area contributed by atoms with E-state index in [4.69, 9.17) is 9.47 Å². The molecule has 0 unspecified atom stereocenters. The summed E-state index contributed by atoms with van der Waals surface area (Å²) in [5, 5.41) is 2.01. The summed E-state index contributed by atoms with van der Waals surface area (Å²) in [5.41, 5.74) is 0.327.